The fourth-order valence-electron chi connectivity index (χ4n) is 3.07. The molecule has 2 heterocycles. The summed E-state index contributed by atoms with van der Waals surface area (Å²) < 4.78 is 7.80. The Morgan fingerprint density at radius 3 is 2.39 bits per heavy atom. The van der Waals surface area contributed by atoms with Gasteiger partial charge in [-0.2, -0.15) is 5.10 Å². The summed E-state index contributed by atoms with van der Waals surface area (Å²) in [4.78, 5) is 8.59. The van der Waals surface area contributed by atoms with E-state index in [0.717, 1.165) is 46.8 Å². The monoisotopic (exact) mass is 373 g/mol. The number of nitrogens with two attached hydrogens (primary N) is 1. The minimum Gasteiger partial charge on any atom is -0.457 e. The highest BCUT2D eigenvalue weighted by Gasteiger charge is 2.17. The van der Waals surface area contributed by atoms with Crippen LogP contribution in [-0.2, 0) is 6.54 Å². The molecule has 0 aliphatic rings. The first-order valence-electron chi connectivity index (χ1n) is 9.42. The van der Waals surface area contributed by atoms with Crippen molar-refractivity contribution < 1.29 is 4.74 Å². The molecule has 6 nitrogen and oxygen atoms in total. The van der Waals surface area contributed by atoms with Gasteiger partial charge in [0.15, 0.2) is 5.65 Å². The minimum atomic E-state index is 0.445. The topological polar surface area (TPSA) is 78.9 Å². The van der Waals surface area contributed by atoms with Crippen molar-refractivity contribution in [2.45, 2.75) is 26.8 Å². The van der Waals surface area contributed by atoms with Gasteiger partial charge in [-0.05, 0) is 48.7 Å². The van der Waals surface area contributed by atoms with Crippen molar-refractivity contribution in [1.82, 2.24) is 19.7 Å². The molecule has 0 amide bonds. The van der Waals surface area contributed by atoms with Crippen molar-refractivity contribution >= 4 is 16.9 Å². The number of ether oxygens (including phenoxy) is 1. The molecule has 142 valence electrons. The number of hydrogen-bond donors (Lipinski definition) is 1. The van der Waals surface area contributed by atoms with E-state index in [2.05, 4.69) is 23.8 Å². The predicted molar refractivity (Wildman–Crippen MR) is 111 cm³/mol. The van der Waals surface area contributed by atoms with Gasteiger partial charge in [0.2, 0.25) is 0 Å². The van der Waals surface area contributed by atoms with Crippen LogP contribution in [0.3, 0.4) is 0 Å². The third-order valence-corrected chi connectivity index (χ3v) is 4.58. The number of benzene rings is 2. The van der Waals surface area contributed by atoms with Crippen molar-refractivity contribution in [3.63, 3.8) is 0 Å². The SMILES string of the molecule is CC(C)CCn1nc(-c2ccc(Oc3ccccc3)cc2)c2c(N)ncnc21. The highest BCUT2D eigenvalue weighted by molar-refractivity contribution is 5.98. The average Bonchev–Trinajstić information content (AvgIpc) is 3.08. The second-order valence-corrected chi connectivity index (χ2v) is 7.15. The lowest BCUT2D eigenvalue weighted by Crippen LogP contribution is -2.04. The molecule has 0 radical (unpaired) electrons. The van der Waals surface area contributed by atoms with Crippen LogP contribution in [-0.4, -0.2) is 19.7 Å². The molecule has 0 aliphatic heterocycles. The fourth-order valence-corrected chi connectivity index (χ4v) is 3.07. The number of hydrogen-bond acceptors (Lipinski definition) is 5. The molecule has 4 rings (SSSR count). The van der Waals surface area contributed by atoms with Crippen LogP contribution < -0.4 is 10.5 Å². The minimum absolute atomic E-state index is 0.445. The third kappa shape index (κ3) is 3.67. The van der Waals surface area contributed by atoms with Crippen LogP contribution in [0.15, 0.2) is 60.9 Å². The summed E-state index contributed by atoms with van der Waals surface area (Å²) >= 11 is 0. The van der Waals surface area contributed by atoms with Gasteiger partial charge in [-0.25, -0.2) is 14.6 Å². The van der Waals surface area contributed by atoms with E-state index >= 15 is 0 Å². The quantitative estimate of drug-likeness (QED) is 0.519. The standard InChI is InChI=1S/C22H23N5O/c1-15(2)12-13-27-22-19(21(23)24-14-25-22)20(26-27)16-8-10-18(11-9-16)28-17-6-4-3-5-7-17/h3-11,14-15H,12-13H2,1-2H3,(H2,23,24,25). The largest absolute Gasteiger partial charge is 0.457 e. The first-order valence-corrected chi connectivity index (χ1v) is 9.42. The van der Waals surface area contributed by atoms with Crippen LogP contribution >= 0.6 is 0 Å². The first-order chi connectivity index (χ1) is 13.6. The molecule has 0 saturated carbocycles. The normalized spacial score (nSPS) is 11.2. The number of anilines is 1. The second-order valence-electron chi connectivity index (χ2n) is 7.15. The maximum absolute atomic E-state index is 6.17. The highest BCUT2D eigenvalue weighted by Crippen LogP contribution is 2.32. The van der Waals surface area contributed by atoms with E-state index in [0.29, 0.717) is 11.7 Å². The predicted octanol–water partition coefficient (Wildman–Crippen LogP) is 4.91. The van der Waals surface area contributed by atoms with Crippen molar-refractivity contribution in [3.8, 4) is 22.8 Å². The number of nitrogen functional groups attached to an aromatic ring is 1. The van der Waals surface area contributed by atoms with E-state index in [4.69, 9.17) is 15.6 Å². The molecule has 4 aromatic rings. The Labute approximate surface area is 164 Å². The van der Waals surface area contributed by atoms with Gasteiger partial charge in [-0.1, -0.05) is 32.0 Å². The van der Waals surface area contributed by atoms with Crippen molar-refractivity contribution in [2.24, 2.45) is 5.92 Å². The van der Waals surface area contributed by atoms with Crippen LogP contribution in [0, 0.1) is 5.92 Å². The molecule has 2 aromatic heterocycles. The molecule has 2 aromatic carbocycles. The summed E-state index contributed by atoms with van der Waals surface area (Å²) in [5.74, 6) is 2.59. The summed E-state index contributed by atoms with van der Waals surface area (Å²) in [7, 11) is 0. The second kappa shape index (κ2) is 7.68. The Hall–Kier alpha value is -3.41. The molecule has 0 aliphatic carbocycles. The van der Waals surface area contributed by atoms with E-state index in [1.165, 1.54) is 6.33 Å². The number of nitrogens with zero attached hydrogens (tertiary/aromatic N) is 4. The van der Waals surface area contributed by atoms with Gasteiger partial charge in [-0.15, -0.1) is 0 Å². The van der Waals surface area contributed by atoms with Gasteiger partial charge < -0.3 is 10.5 Å². The van der Waals surface area contributed by atoms with Crippen LogP contribution in [0.25, 0.3) is 22.3 Å². The van der Waals surface area contributed by atoms with Gasteiger partial charge in [0, 0.05) is 12.1 Å². The van der Waals surface area contributed by atoms with Gasteiger partial charge in [0.05, 0.1) is 5.39 Å². The summed E-state index contributed by atoms with van der Waals surface area (Å²) in [6, 6.07) is 17.5. The van der Waals surface area contributed by atoms with Crippen molar-refractivity contribution in [1.29, 1.82) is 0 Å². The van der Waals surface area contributed by atoms with Gasteiger partial charge in [0.1, 0.15) is 29.3 Å². The summed E-state index contributed by atoms with van der Waals surface area (Å²) in [6.45, 7) is 5.18. The van der Waals surface area contributed by atoms with Crippen molar-refractivity contribution in [3.05, 3.63) is 60.9 Å². The fraction of sp³-hybridized carbons (Fsp3) is 0.227. The van der Waals surface area contributed by atoms with E-state index in [9.17, 15) is 0 Å². The Balaban J connectivity index is 1.68. The van der Waals surface area contributed by atoms with E-state index in [-0.39, 0.29) is 0 Å². The molecule has 6 heteroatoms. The number of fused-ring (bicyclic) bond motifs is 1. The number of para-hydroxylation sites is 1. The molecule has 0 bridgehead atoms. The van der Waals surface area contributed by atoms with Crippen LogP contribution in [0.5, 0.6) is 11.5 Å². The van der Waals surface area contributed by atoms with Gasteiger partial charge in [-0.3, -0.25) is 0 Å². The molecule has 0 spiro atoms. The zero-order chi connectivity index (χ0) is 19.5. The molecule has 28 heavy (non-hydrogen) atoms. The Bertz CT molecular complexity index is 1070. The lowest BCUT2D eigenvalue weighted by molar-refractivity contribution is 0.482. The number of rotatable bonds is 6. The maximum atomic E-state index is 6.17. The van der Waals surface area contributed by atoms with Crippen LogP contribution in [0.1, 0.15) is 20.3 Å². The smallest absolute Gasteiger partial charge is 0.163 e. The lowest BCUT2D eigenvalue weighted by atomic mass is 10.1. The lowest BCUT2D eigenvalue weighted by Gasteiger charge is -2.06. The van der Waals surface area contributed by atoms with Gasteiger partial charge >= 0.3 is 0 Å². The van der Waals surface area contributed by atoms with E-state index < -0.39 is 0 Å². The number of aryl methyl sites for hydroxylation is 1. The first kappa shape index (κ1) is 18.0. The zero-order valence-electron chi connectivity index (χ0n) is 16.0. The Kier molecular flexibility index (Phi) is 4.93. The van der Waals surface area contributed by atoms with Crippen LogP contribution in [0.2, 0.25) is 0 Å². The third-order valence-electron chi connectivity index (χ3n) is 4.58. The molecule has 0 unspecified atom stereocenters. The van der Waals surface area contributed by atoms with Gasteiger partial charge in [0.25, 0.3) is 0 Å². The van der Waals surface area contributed by atoms with Crippen molar-refractivity contribution in [2.75, 3.05) is 5.73 Å². The molecular weight excluding hydrogens is 350 g/mol. The Morgan fingerprint density at radius 2 is 1.68 bits per heavy atom. The molecule has 0 saturated heterocycles. The van der Waals surface area contributed by atoms with E-state index in [1.807, 2.05) is 59.3 Å². The summed E-state index contributed by atoms with van der Waals surface area (Å²) in [6.07, 6.45) is 2.51. The maximum Gasteiger partial charge on any atom is 0.163 e. The summed E-state index contributed by atoms with van der Waals surface area (Å²) in [5, 5.41) is 5.59. The zero-order valence-corrected chi connectivity index (χ0v) is 16.0. The molecular formula is C22H23N5O. The molecule has 0 atom stereocenters. The highest BCUT2D eigenvalue weighted by atomic mass is 16.5. The summed E-state index contributed by atoms with van der Waals surface area (Å²) in [5.41, 5.74) is 8.69. The molecule has 0 fully saturated rings. The average molecular weight is 373 g/mol. The van der Waals surface area contributed by atoms with Crippen LogP contribution in [0.4, 0.5) is 5.82 Å². The Morgan fingerprint density at radius 1 is 0.964 bits per heavy atom. The number of aromatic nitrogens is 4. The molecule has 2 N–H and O–H groups in total. The van der Waals surface area contributed by atoms with E-state index in [1.54, 1.807) is 0 Å².